The Kier molecular flexibility index (Phi) is 6.39. The normalized spacial score (nSPS) is 9.92. The second-order valence-corrected chi connectivity index (χ2v) is 5.83. The summed E-state index contributed by atoms with van der Waals surface area (Å²) < 4.78 is 0. The summed E-state index contributed by atoms with van der Waals surface area (Å²) in [6.07, 6.45) is 6.78. The molecule has 24 heavy (non-hydrogen) atoms. The minimum atomic E-state index is 0.528. The van der Waals surface area contributed by atoms with Crippen LogP contribution in [0.25, 0.3) is 0 Å². The predicted molar refractivity (Wildman–Crippen MR) is 94.6 cm³/mol. The SMILES string of the molecule is Cc1cccc(CCCCc2c(N=C=O)ccc(C)c2N=C=O)c1. The molecule has 0 aliphatic rings. The number of benzene rings is 2. The van der Waals surface area contributed by atoms with Crippen molar-refractivity contribution >= 4 is 23.5 Å². The Bertz CT molecular complexity index is 814. The molecule has 0 fully saturated rings. The predicted octanol–water partition coefficient (Wildman–Crippen LogP) is 4.80. The molecule has 2 aromatic rings. The summed E-state index contributed by atoms with van der Waals surface area (Å²) >= 11 is 0. The summed E-state index contributed by atoms with van der Waals surface area (Å²) in [4.78, 5) is 28.9. The van der Waals surface area contributed by atoms with Crippen LogP contribution in [0.5, 0.6) is 0 Å². The highest BCUT2D eigenvalue weighted by atomic mass is 16.1. The maximum atomic E-state index is 10.7. The van der Waals surface area contributed by atoms with E-state index in [1.807, 2.05) is 6.92 Å². The molecular formula is C20H20N2O2. The number of aliphatic imine (C=N–C) groups is 2. The van der Waals surface area contributed by atoms with Gasteiger partial charge in [0.2, 0.25) is 12.2 Å². The molecule has 0 radical (unpaired) electrons. The standard InChI is InChI=1S/C20H20N2O2/c1-15-6-5-8-17(12-15)7-3-4-9-18-19(21-13-23)11-10-16(2)20(18)22-14-24/h5-6,8,10-12H,3-4,7,9H2,1-2H3. The van der Waals surface area contributed by atoms with Crippen molar-refractivity contribution in [3.05, 3.63) is 58.7 Å². The van der Waals surface area contributed by atoms with E-state index in [-0.39, 0.29) is 0 Å². The van der Waals surface area contributed by atoms with E-state index in [1.54, 1.807) is 24.3 Å². The van der Waals surface area contributed by atoms with Crippen molar-refractivity contribution in [2.75, 3.05) is 0 Å². The molecule has 0 spiro atoms. The van der Waals surface area contributed by atoms with Gasteiger partial charge in [0.25, 0.3) is 0 Å². The number of aryl methyl sites for hydroxylation is 3. The quantitative estimate of drug-likeness (QED) is 0.418. The van der Waals surface area contributed by atoms with Crippen LogP contribution in [0.4, 0.5) is 11.4 Å². The van der Waals surface area contributed by atoms with Crippen LogP contribution in [-0.4, -0.2) is 12.2 Å². The number of carbonyl (C=O) groups excluding carboxylic acids is 2. The van der Waals surface area contributed by atoms with Gasteiger partial charge in [0, 0.05) is 5.56 Å². The maximum Gasteiger partial charge on any atom is 0.240 e. The zero-order chi connectivity index (χ0) is 17.4. The Hall–Kier alpha value is -2.80. The Morgan fingerprint density at radius 1 is 0.917 bits per heavy atom. The van der Waals surface area contributed by atoms with Crippen LogP contribution in [0.1, 0.15) is 35.1 Å². The van der Waals surface area contributed by atoms with Crippen LogP contribution in [0.15, 0.2) is 46.4 Å². The fraction of sp³-hybridized carbons (Fsp3) is 0.300. The Morgan fingerprint density at radius 2 is 1.67 bits per heavy atom. The Morgan fingerprint density at radius 3 is 2.38 bits per heavy atom. The third-order valence-electron chi connectivity index (χ3n) is 4.01. The van der Waals surface area contributed by atoms with Crippen molar-refractivity contribution in [2.24, 2.45) is 9.98 Å². The van der Waals surface area contributed by atoms with Crippen LogP contribution in [0.3, 0.4) is 0 Å². The van der Waals surface area contributed by atoms with Crippen molar-refractivity contribution in [3.63, 3.8) is 0 Å². The molecule has 4 heteroatoms. The van der Waals surface area contributed by atoms with E-state index < -0.39 is 0 Å². The molecule has 0 heterocycles. The largest absolute Gasteiger partial charge is 0.240 e. The minimum Gasteiger partial charge on any atom is -0.211 e. The number of hydrogen-bond acceptors (Lipinski definition) is 4. The smallest absolute Gasteiger partial charge is 0.211 e. The lowest BCUT2D eigenvalue weighted by molar-refractivity contribution is 0.565. The second kappa shape index (κ2) is 8.73. The van der Waals surface area contributed by atoms with Crippen molar-refractivity contribution < 1.29 is 9.59 Å². The van der Waals surface area contributed by atoms with Gasteiger partial charge in [0.1, 0.15) is 0 Å². The van der Waals surface area contributed by atoms with Crippen molar-refractivity contribution in [3.8, 4) is 0 Å². The molecule has 4 nitrogen and oxygen atoms in total. The molecule has 0 aliphatic heterocycles. The first kappa shape index (κ1) is 17.6. The van der Waals surface area contributed by atoms with E-state index in [9.17, 15) is 9.59 Å². The van der Waals surface area contributed by atoms with Crippen molar-refractivity contribution in [2.45, 2.75) is 39.5 Å². The number of rotatable bonds is 7. The fourth-order valence-electron chi connectivity index (χ4n) is 2.84. The number of isocyanates is 2. The van der Waals surface area contributed by atoms with Gasteiger partial charge in [-0.2, -0.15) is 9.98 Å². The van der Waals surface area contributed by atoms with Crippen molar-refractivity contribution in [1.82, 2.24) is 0 Å². The Balaban J connectivity index is 2.11. The zero-order valence-corrected chi connectivity index (χ0v) is 14.0. The molecule has 0 saturated carbocycles. The van der Waals surface area contributed by atoms with Gasteiger partial charge in [0.05, 0.1) is 11.4 Å². The van der Waals surface area contributed by atoms with E-state index in [0.29, 0.717) is 17.8 Å². The average Bonchev–Trinajstić information content (AvgIpc) is 2.56. The topological polar surface area (TPSA) is 58.9 Å². The van der Waals surface area contributed by atoms with Crippen LogP contribution >= 0.6 is 0 Å². The van der Waals surface area contributed by atoms with Crippen LogP contribution in [0, 0.1) is 13.8 Å². The Labute approximate surface area is 142 Å². The molecule has 0 N–H and O–H groups in total. The summed E-state index contributed by atoms with van der Waals surface area (Å²) in [5.41, 5.74) is 5.35. The van der Waals surface area contributed by atoms with E-state index in [2.05, 4.69) is 41.2 Å². The van der Waals surface area contributed by atoms with Gasteiger partial charge in [-0.3, -0.25) is 0 Å². The van der Waals surface area contributed by atoms with Gasteiger partial charge in [-0.05, 0) is 56.7 Å². The molecule has 0 saturated heterocycles. The van der Waals surface area contributed by atoms with E-state index in [0.717, 1.165) is 30.4 Å². The molecule has 0 atom stereocenters. The van der Waals surface area contributed by atoms with Crippen LogP contribution in [0.2, 0.25) is 0 Å². The lowest BCUT2D eigenvalue weighted by Gasteiger charge is -2.10. The molecule has 122 valence electrons. The maximum absolute atomic E-state index is 10.7. The summed E-state index contributed by atoms with van der Waals surface area (Å²) in [5, 5.41) is 0. The minimum absolute atomic E-state index is 0.528. The molecule has 0 amide bonds. The second-order valence-electron chi connectivity index (χ2n) is 5.83. The average molecular weight is 320 g/mol. The zero-order valence-electron chi connectivity index (χ0n) is 14.0. The lowest BCUT2D eigenvalue weighted by atomic mass is 9.98. The molecule has 0 bridgehead atoms. The first-order valence-electron chi connectivity index (χ1n) is 7.99. The number of unbranched alkanes of at least 4 members (excludes halogenated alkanes) is 1. The molecule has 0 aliphatic carbocycles. The van der Waals surface area contributed by atoms with Gasteiger partial charge in [-0.15, -0.1) is 0 Å². The molecule has 0 aromatic heterocycles. The summed E-state index contributed by atoms with van der Waals surface area (Å²) in [6, 6.07) is 12.0. The summed E-state index contributed by atoms with van der Waals surface area (Å²) in [7, 11) is 0. The fourth-order valence-corrected chi connectivity index (χ4v) is 2.84. The highest BCUT2D eigenvalue weighted by Crippen LogP contribution is 2.33. The summed E-state index contributed by atoms with van der Waals surface area (Å²) in [5.74, 6) is 0. The van der Waals surface area contributed by atoms with Gasteiger partial charge >= 0.3 is 0 Å². The van der Waals surface area contributed by atoms with Crippen LogP contribution < -0.4 is 0 Å². The van der Waals surface area contributed by atoms with Gasteiger partial charge in [0.15, 0.2) is 0 Å². The first-order valence-corrected chi connectivity index (χ1v) is 7.99. The van der Waals surface area contributed by atoms with E-state index in [1.165, 1.54) is 11.1 Å². The molecule has 2 rings (SSSR count). The lowest BCUT2D eigenvalue weighted by Crippen LogP contribution is -1.93. The third-order valence-corrected chi connectivity index (χ3v) is 4.01. The number of nitrogens with zero attached hydrogens (tertiary/aromatic N) is 2. The van der Waals surface area contributed by atoms with E-state index >= 15 is 0 Å². The van der Waals surface area contributed by atoms with E-state index in [4.69, 9.17) is 0 Å². The highest BCUT2D eigenvalue weighted by molar-refractivity contribution is 5.68. The van der Waals surface area contributed by atoms with Crippen molar-refractivity contribution in [1.29, 1.82) is 0 Å². The third kappa shape index (κ3) is 4.60. The van der Waals surface area contributed by atoms with Gasteiger partial charge in [-0.25, -0.2) is 9.59 Å². The van der Waals surface area contributed by atoms with Crippen LogP contribution in [-0.2, 0) is 22.4 Å². The number of hydrogen-bond donors (Lipinski definition) is 0. The van der Waals surface area contributed by atoms with Gasteiger partial charge < -0.3 is 0 Å². The van der Waals surface area contributed by atoms with Gasteiger partial charge in [-0.1, -0.05) is 35.9 Å². The monoisotopic (exact) mass is 320 g/mol. The summed E-state index contributed by atoms with van der Waals surface area (Å²) in [6.45, 7) is 3.96. The molecule has 2 aromatic carbocycles. The molecule has 0 unspecified atom stereocenters. The molecular weight excluding hydrogens is 300 g/mol. The first-order chi connectivity index (χ1) is 11.7. The highest BCUT2D eigenvalue weighted by Gasteiger charge is 2.11.